The maximum Gasteiger partial charge on any atom is 0.250 e. The molecule has 1 aromatic heterocycles. The standard InChI is InChI=1S/C29H21Cl2FN4O3/c1-13-8-15(30)10-18-25(13)34-28(39)29(18)24-23(22(35-29)9-14-12-33-21-5-3-2-4-17(14)21)26(37)36(27(24)38)16-6-7-20(32)19(31)11-16/h2-8,10-12,22-24,33,35H,9H2,1H3,(H,34,39)/t22-,23+,24-,29+/m0/s1. The van der Waals surface area contributed by atoms with Gasteiger partial charge in [0.1, 0.15) is 11.4 Å². The fraction of sp³-hybridized carbons (Fsp3) is 0.207. The van der Waals surface area contributed by atoms with Crippen LogP contribution in [0, 0.1) is 24.6 Å². The first-order chi connectivity index (χ1) is 18.7. The number of nitrogens with one attached hydrogen (secondary N) is 3. The average Bonchev–Trinajstić information content (AvgIpc) is 3.61. The summed E-state index contributed by atoms with van der Waals surface area (Å²) in [5, 5.41) is 7.58. The monoisotopic (exact) mass is 562 g/mol. The number of aryl methyl sites for hydroxylation is 1. The minimum absolute atomic E-state index is 0.160. The Morgan fingerprint density at radius 1 is 1.03 bits per heavy atom. The van der Waals surface area contributed by atoms with Crippen LogP contribution in [0.1, 0.15) is 16.7 Å². The highest BCUT2D eigenvalue weighted by Gasteiger charge is 2.70. The van der Waals surface area contributed by atoms with E-state index in [1.807, 2.05) is 37.4 Å². The van der Waals surface area contributed by atoms with Gasteiger partial charge in [0.15, 0.2) is 0 Å². The van der Waals surface area contributed by atoms with E-state index < -0.39 is 47.0 Å². The summed E-state index contributed by atoms with van der Waals surface area (Å²) in [4.78, 5) is 46.3. The minimum atomic E-state index is -1.52. The van der Waals surface area contributed by atoms with E-state index in [9.17, 15) is 18.8 Å². The third-order valence-electron chi connectivity index (χ3n) is 8.26. The van der Waals surface area contributed by atoms with Crippen molar-refractivity contribution in [1.29, 1.82) is 0 Å². The van der Waals surface area contributed by atoms with E-state index in [1.54, 1.807) is 12.1 Å². The van der Waals surface area contributed by atoms with Crippen LogP contribution in [-0.2, 0) is 26.3 Å². The lowest BCUT2D eigenvalue weighted by molar-refractivity contribution is -0.130. The number of carbonyl (C=O) groups excluding carboxylic acids is 3. The predicted octanol–water partition coefficient (Wildman–Crippen LogP) is 5.09. The molecule has 10 heteroatoms. The largest absolute Gasteiger partial charge is 0.361 e. The summed E-state index contributed by atoms with van der Waals surface area (Å²) >= 11 is 12.5. The van der Waals surface area contributed by atoms with Crippen molar-refractivity contribution in [1.82, 2.24) is 10.3 Å². The van der Waals surface area contributed by atoms with Crippen molar-refractivity contribution in [2.75, 3.05) is 10.2 Å². The number of halogens is 3. The van der Waals surface area contributed by atoms with E-state index in [0.717, 1.165) is 33.0 Å². The highest BCUT2D eigenvalue weighted by molar-refractivity contribution is 6.32. The number of amides is 3. The zero-order valence-electron chi connectivity index (χ0n) is 20.5. The zero-order valence-corrected chi connectivity index (χ0v) is 22.0. The van der Waals surface area contributed by atoms with E-state index in [-0.39, 0.29) is 10.7 Å². The topological polar surface area (TPSA) is 94.3 Å². The third kappa shape index (κ3) is 3.28. The lowest BCUT2D eigenvalue weighted by Crippen LogP contribution is -2.53. The van der Waals surface area contributed by atoms with Gasteiger partial charge in [-0.2, -0.15) is 0 Å². The van der Waals surface area contributed by atoms with Crippen LogP contribution in [0.4, 0.5) is 15.8 Å². The van der Waals surface area contributed by atoms with Gasteiger partial charge >= 0.3 is 0 Å². The molecule has 3 aromatic carbocycles. The molecule has 0 saturated carbocycles. The fourth-order valence-electron chi connectivity index (χ4n) is 6.62. The van der Waals surface area contributed by atoms with E-state index >= 15 is 0 Å². The summed E-state index contributed by atoms with van der Waals surface area (Å²) in [7, 11) is 0. The average molecular weight is 563 g/mol. The number of carbonyl (C=O) groups is 3. The maximum absolute atomic E-state index is 14.1. The Balaban J connectivity index is 1.40. The molecule has 3 N–H and O–H groups in total. The molecule has 0 unspecified atom stereocenters. The normalized spacial score (nSPS) is 25.6. The molecule has 3 aliphatic heterocycles. The molecule has 3 aliphatic rings. The minimum Gasteiger partial charge on any atom is -0.361 e. The van der Waals surface area contributed by atoms with Gasteiger partial charge in [0.25, 0.3) is 0 Å². The van der Waals surface area contributed by atoms with Gasteiger partial charge in [0.05, 0.1) is 22.5 Å². The van der Waals surface area contributed by atoms with Crippen molar-refractivity contribution in [2.45, 2.75) is 24.9 Å². The third-order valence-corrected chi connectivity index (χ3v) is 8.77. The van der Waals surface area contributed by atoms with E-state index in [4.69, 9.17) is 23.2 Å². The molecule has 4 aromatic rings. The molecule has 7 nitrogen and oxygen atoms in total. The van der Waals surface area contributed by atoms with Crippen LogP contribution in [0.25, 0.3) is 10.9 Å². The van der Waals surface area contributed by atoms with Crippen LogP contribution in [0.3, 0.4) is 0 Å². The summed E-state index contributed by atoms with van der Waals surface area (Å²) in [5.74, 6) is -4.03. The molecule has 0 bridgehead atoms. The number of hydrogen-bond donors (Lipinski definition) is 3. The Morgan fingerprint density at radius 3 is 2.62 bits per heavy atom. The number of imide groups is 1. The van der Waals surface area contributed by atoms with Crippen molar-refractivity contribution in [3.63, 3.8) is 0 Å². The lowest BCUT2D eigenvalue weighted by atomic mass is 9.76. The Bertz CT molecular complexity index is 1750. The molecule has 2 fully saturated rings. The highest BCUT2D eigenvalue weighted by Crippen LogP contribution is 2.55. The molecular formula is C29H21Cl2FN4O3. The number of fused-ring (bicyclic) bond motifs is 5. The molecular weight excluding hydrogens is 542 g/mol. The second kappa shape index (κ2) is 8.39. The zero-order chi connectivity index (χ0) is 27.2. The van der Waals surface area contributed by atoms with Crippen molar-refractivity contribution in [3.05, 3.63) is 93.3 Å². The van der Waals surface area contributed by atoms with Gasteiger partial charge < -0.3 is 10.3 Å². The number of aromatic amines is 1. The summed E-state index contributed by atoms with van der Waals surface area (Å²) in [6, 6.07) is 14.4. The Kier molecular flexibility index (Phi) is 5.23. The van der Waals surface area contributed by atoms with E-state index in [1.165, 1.54) is 12.1 Å². The number of aromatic nitrogens is 1. The molecule has 1 spiro atoms. The van der Waals surface area contributed by atoms with Gasteiger partial charge in [-0.3, -0.25) is 19.7 Å². The highest BCUT2D eigenvalue weighted by atomic mass is 35.5. The maximum atomic E-state index is 14.1. The van der Waals surface area contributed by atoms with Crippen LogP contribution in [0.5, 0.6) is 0 Å². The first-order valence-electron chi connectivity index (χ1n) is 12.5. The first-order valence-corrected chi connectivity index (χ1v) is 13.2. The van der Waals surface area contributed by atoms with E-state index in [0.29, 0.717) is 22.7 Å². The van der Waals surface area contributed by atoms with Crippen LogP contribution in [0.15, 0.2) is 60.8 Å². The van der Waals surface area contributed by atoms with Crippen LogP contribution >= 0.6 is 23.2 Å². The summed E-state index contributed by atoms with van der Waals surface area (Å²) in [6.07, 6.45) is 2.26. The van der Waals surface area contributed by atoms with E-state index in [2.05, 4.69) is 15.6 Å². The van der Waals surface area contributed by atoms with Crippen LogP contribution < -0.4 is 15.5 Å². The van der Waals surface area contributed by atoms with Gasteiger partial charge in [0.2, 0.25) is 17.7 Å². The number of para-hydroxylation sites is 1. The molecule has 4 heterocycles. The fourth-order valence-corrected chi connectivity index (χ4v) is 7.07. The Labute approximate surface area is 232 Å². The summed E-state index contributed by atoms with van der Waals surface area (Å²) in [5.41, 5.74) is 2.40. The number of nitrogens with zero attached hydrogens (tertiary/aromatic N) is 1. The van der Waals surface area contributed by atoms with Gasteiger partial charge in [-0.15, -0.1) is 0 Å². The van der Waals surface area contributed by atoms with Gasteiger partial charge in [-0.25, -0.2) is 9.29 Å². The summed E-state index contributed by atoms with van der Waals surface area (Å²) < 4.78 is 13.9. The molecule has 3 amide bonds. The van der Waals surface area contributed by atoms with Crippen LogP contribution in [-0.4, -0.2) is 28.7 Å². The molecule has 0 radical (unpaired) electrons. The van der Waals surface area contributed by atoms with Crippen LogP contribution in [0.2, 0.25) is 10.0 Å². The van der Waals surface area contributed by atoms with Crippen molar-refractivity contribution >= 4 is 63.2 Å². The van der Waals surface area contributed by atoms with Crippen molar-refractivity contribution in [2.24, 2.45) is 11.8 Å². The van der Waals surface area contributed by atoms with Gasteiger partial charge in [0, 0.05) is 39.4 Å². The van der Waals surface area contributed by atoms with Crippen molar-refractivity contribution in [3.8, 4) is 0 Å². The first kappa shape index (κ1) is 24.3. The number of benzene rings is 3. The molecule has 7 rings (SSSR count). The molecule has 39 heavy (non-hydrogen) atoms. The molecule has 4 atom stereocenters. The van der Waals surface area contributed by atoms with Gasteiger partial charge in [-0.1, -0.05) is 41.4 Å². The smallest absolute Gasteiger partial charge is 0.250 e. The Hall–Kier alpha value is -3.72. The summed E-state index contributed by atoms with van der Waals surface area (Å²) in [6.45, 7) is 1.83. The number of H-pyrrole nitrogens is 1. The van der Waals surface area contributed by atoms with Crippen molar-refractivity contribution < 1.29 is 18.8 Å². The van der Waals surface area contributed by atoms with Gasteiger partial charge in [-0.05, 0) is 60.9 Å². The Morgan fingerprint density at radius 2 is 1.82 bits per heavy atom. The lowest BCUT2D eigenvalue weighted by Gasteiger charge is -2.29. The molecule has 0 aliphatic carbocycles. The predicted molar refractivity (Wildman–Crippen MR) is 146 cm³/mol. The number of hydrogen-bond acceptors (Lipinski definition) is 4. The number of anilines is 2. The molecule has 2 saturated heterocycles. The second-order valence-electron chi connectivity index (χ2n) is 10.3. The number of rotatable bonds is 3. The SMILES string of the molecule is Cc1cc(Cl)cc2c1NC(=O)[C@@]21N[C@@H](Cc2c[nH]c3ccccc23)[C@H]2C(=O)N(c3ccc(F)c(Cl)c3)C(=O)[C@H]21. The quantitative estimate of drug-likeness (QED) is 0.303. The molecule has 196 valence electrons. The second-order valence-corrected chi connectivity index (χ2v) is 11.2.